The van der Waals surface area contributed by atoms with Crippen LogP contribution in [0.2, 0.25) is 0 Å². The summed E-state index contributed by atoms with van der Waals surface area (Å²) in [4.78, 5) is 22.6. The lowest BCUT2D eigenvalue weighted by molar-refractivity contribution is -0.162. The van der Waals surface area contributed by atoms with E-state index in [0.29, 0.717) is 12.3 Å². The molecule has 1 atom stereocenters. The molecule has 0 aliphatic heterocycles. The van der Waals surface area contributed by atoms with Crippen molar-refractivity contribution in [1.29, 1.82) is 0 Å². The zero-order valence-electron chi connectivity index (χ0n) is 9.94. The van der Waals surface area contributed by atoms with E-state index in [1.165, 1.54) is 0 Å². The standard InChI is InChI=1S/C12H20O4/c1-8(2)16-12(15)10(11(13)14)7-9-5-3-4-6-9/h8-10H,3-7H2,1-2H3,(H,13,14). The molecule has 4 heteroatoms. The van der Waals surface area contributed by atoms with Crippen molar-refractivity contribution in [2.45, 2.75) is 52.1 Å². The Morgan fingerprint density at radius 3 is 2.31 bits per heavy atom. The van der Waals surface area contributed by atoms with E-state index in [1.807, 2.05) is 0 Å². The fourth-order valence-electron chi connectivity index (χ4n) is 2.19. The summed E-state index contributed by atoms with van der Waals surface area (Å²) in [6.45, 7) is 3.46. The molecule has 16 heavy (non-hydrogen) atoms. The average Bonchev–Trinajstić information content (AvgIpc) is 2.64. The Balaban J connectivity index is 2.52. The Hall–Kier alpha value is -1.06. The lowest BCUT2D eigenvalue weighted by Crippen LogP contribution is -2.29. The SMILES string of the molecule is CC(C)OC(=O)C(CC1CCCC1)C(=O)O. The van der Waals surface area contributed by atoms with Gasteiger partial charge in [-0.1, -0.05) is 25.7 Å². The second-order valence-electron chi connectivity index (χ2n) is 4.76. The minimum absolute atomic E-state index is 0.252. The van der Waals surface area contributed by atoms with Gasteiger partial charge in [0.1, 0.15) is 0 Å². The van der Waals surface area contributed by atoms with Crippen LogP contribution in [0.25, 0.3) is 0 Å². The summed E-state index contributed by atoms with van der Waals surface area (Å²) in [5.41, 5.74) is 0. The average molecular weight is 228 g/mol. The van der Waals surface area contributed by atoms with Gasteiger partial charge in [0, 0.05) is 0 Å². The fourth-order valence-corrected chi connectivity index (χ4v) is 2.19. The predicted octanol–water partition coefficient (Wildman–Crippen LogP) is 2.22. The van der Waals surface area contributed by atoms with Crippen molar-refractivity contribution >= 4 is 11.9 Å². The maximum Gasteiger partial charge on any atom is 0.320 e. The number of carbonyl (C=O) groups is 2. The van der Waals surface area contributed by atoms with Crippen molar-refractivity contribution in [3.63, 3.8) is 0 Å². The van der Waals surface area contributed by atoms with E-state index in [1.54, 1.807) is 13.8 Å². The highest BCUT2D eigenvalue weighted by molar-refractivity contribution is 5.93. The van der Waals surface area contributed by atoms with E-state index in [-0.39, 0.29) is 6.10 Å². The predicted molar refractivity (Wildman–Crippen MR) is 58.9 cm³/mol. The quantitative estimate of drug-likeness (QED) is 0.579. The molecule has 1 N–H and O–H groups in total. The van der Waals surface area contributed by atoms with Crippen LogP contribution in [0.5, 0.6) is 0 Å². The normalized spacial score (nSPS) is 18.7. The van der Waals surface area contributed by atoms with Crippen molar-refractivity contribution in [3.05, 3.63) is 0 Å². The Kier molecular flexibility index (Phi) is 4.77. The Morgan fingerprint density at radius 2 is 1.88 bits per heavy atom. The lowest BCUT2D eigenvalue weighted by atomic mass is 9.93. The van der Waals surface area contributed by atoms with E-state index < -0.39 is 17.9 Å². The van der Waals surface area contributed by atoms with Gasteiger partial charge in [-0.3, -0.25) is 9.59 Å². The van der Waals surface area contributed by atoms with Gasteiger partial charge in [-0.25, -0.2) is 0 Å². The van der Waals surface area contributed by atoms with Crippen molar-refractivity contribution < 1.29 is 19.4 Å². The molecule has 0 heterocycles. The molecular formula is C12H20O4. The van der Waals surface area contributed by atoms with Crippen molar-refractivity contribution in [3.8, 4) is 0 Å². The first-order valence-electron chi connectivity index (χ1n) is 5.94. The Morgan fingerprint density at radius 1 is 1.31 bits per heavy atom. The molecule has 92 valence electrons. The van der Waals surface area contributed by atoms with Gasteiger partial charge in [-0.05, 0) is 26.2 Å². The molecule has 0 aromatic rings. The molecule has 0 aromatic heterocycles. The largest absolute Gasteiger partial charge is 0.481 e. The number of aliphatic carboxylic acids is 1. The molecule has 0 aromatic carbocycles. The second kappa shape index (κ2) is 5.87. The number of rotatable bonds is 5. The number of carboxylic acid groups (broad SMARTS) is 1. The highest BCUT2D eigenvalue weighted by Gasteiger charge is 2.32. The van der Waals surface area contributed by atoms with Gasteiger partial charge in [0.15, 0.2) is 5.92 Å². The molecule has 1 saturated carbocycles. The molecule has 0 bridgehead atoms. The van der Waals surface area contributed by atoms with Gasteiger partial charge in [0.25, 0.3) is 0 Å². The number of hydrogen-bond donors (Lipinski definition) is 1. The van der Waals surface area contributed by atoms with Gasteiger partial charge in [0.2, 0.25) is 0 Å². The van der Waals surface area contributed by atoms with Crippen molar-refractivity contribution in [2.24, 2.45) is 11.8 Å². The summed E-state index contributed by atoms with van der Waals surface area (Å²) in [6.07, 6.45) is 4.56. The molecule has 0 amide bonds. The minimum Gasteiger partial charge on any atom is -0.481 e. The number of esters is 1. The minimum atomic E-state index is -1.06. The van der Waals surface area contributed by atoms with E-state index in [4.69, 9.17) is 9.84 Å². The second-order valence-corrected chi connectivity index (χ2v) is 4.76. The van der Waals surface area contributed by atoms with Gasteiger partial charge < -0.3 is 9.84 Å². The molecule has 1 rings (SSSR count). The van der Waals surface area contributed by atoms with Gasteiger partial charge >= 0.3 is 11.9 Å². The van der Waals surface area contributed by atoms with E-state index in [0.717, 1.165) is 25.7 Å². The highest BCUT2D eigenvalue weighted by Crippen LogP contribution is 2.30. The maximum absolute atomic E-state index is 11.6. The molecule has 0 saturated heterocycles. The first-order valence-corrected chi connectivity index (χ1v) is 5.94. The van der Waals surface area contributed by atoms with Crippen molar-refractivity contribution in [2.75, 3.05) is 0 Å². The summed E-state index contributed by atoms with van der Waals surface area (Å²) in [6, 6.07) is 0. The Bertz CT molecular complexity index is 254. The van der Waals surface area contributed by atoms with Gasteiger partial charge in [-0.15, -0.1) is 0 Å². The first-order chi connectivity index (χ1) is 7.50. The molecule has 1 fully saturated rings. The molecule has 1 aliphatic rings. The number of hydrogen-bond acceptors (Lipinski definition) is 3. The van der Waals surface area contributed by atoms with Crippen LogP contribution in [-0.4, -0.2) is 23.1 Å². The Labute approximate surface area is 96.0 Å². The molecule has 0 spiro atoms. The van der Waals surface area contributed by atoms with E-state index >= 15 is 0 Å². The molecule has 0 radical (unpaired) electrons. The van der Waals surface area contributed by atoms with Gasteiger partial charge in [0.05, 0.1) is 6.10 Å². The molecular weight excluding hydrogens is 208 g/mol. The van der Waals surface area contributed by atoms with Crippen LogP contribution in [0.15, 0.2) is 0 Å². The third-order valence-electron chi connectivity index (χ3n) is 2.98. The topological polar surface area (TPSA) is 63.6 Å². The first kappa shape index (κ1) is 13.0. The summed E-state index contributed by atoms with van der Waals surface area (Å²) in [5, 5.41) is 9.02. The monoisotopic (exact) mass is 228 g/mol. The molecule has 1 unspecified atom stereocenters. The van der Waals surface area contributed by atoms with Crippen LogP contribution in [0.3, 0.4) is 0 Å². The number of carboxylic acids is 1. The number of ether oxygens (including phenoxy) is 1. The van der Waals surface area contributed by atoms with Crippen LogP contribution < -0.4 is 0 Å². The third-order valence-corrected chi connectivity index (χ3v) is 2.98. The zero-order valence-corrected chi connectivity index (χ0v) is 9.94. The van der Waals surface area contributed by atoms with Crippen LogP contribution in [0.1, 0.15) is 46.0 Å². The van der Waals surface area contributed by atoms with Crippen LogP contribution >= 0.6 is 0 Å². The third kappa shape index (κ3) is 3.83. The maximum atomic E-state index is 11.6. The number of carbonyl (C=O) groups excluding carboxylic acids is 1. The summed E-state index contributed by atoms with van der Waals surface area (Å²) in [7, 11) is 0. The molecule has 4 nitrogen and oxygen atoms in total. The summed E-state index contributed by atoms with van der Waals surface area (Å²) >= 11 is 0. The highest BCUT2D eigenvalue weighted by atomic mass is 16.5. The lowest BCUT2D eigenvalue weighted by Gasteiger charge is -2.17. The zero-order chi connectivity index (χ0) is 12.1. The summed E-state index contributed by atoms with van der Waals surface area (Å²) in [5.74, 6) is -2.25. The smallest absolute Gasteiger partial charge is 0.320 e. The van der Waals surface area contributed by atoms with Crippen LogP contribution in [-0.2, 0) is 14.3 Å². The van der Waals surface area contributed by atoms with Crippen LogP contribution in [0, 0.1) is 11.8 Å². The van der Waals surface area contributed by atoms with E-state index in [2.05, 4.69) is 0 Å². The summed E-state index contributed by atoms with van der Waals surface area (Å²) < 4.78 is 4.96. The molecule has 1 aliphatic carbocycles. The van der Waals surface area contributed by atoms with Crippen LogP contribution in [0.4, 0.5) is 0 Å². The fraction of sp³-hybridized carbons (Fsp3) is 0.833. The van der Waals surface area contributed by atoms with Crippen molar-refractivity contribution in [1.82, 2.24) is 0 Å². The van der Waals surface area contributed by atoms with Gasteiger partial charge in [-0.2, -0.15) is 0 Å². The van der Waals surface area contributed by atoms with E-state index in [9.17, 15) is 9.59 Å².